The smallest absolute Gasteiger partial charge is 0.301 e. The van der Waals surface area contributed by atoms with E-state index < -0.39 is 10.2 Å². The predicted molar refractivity (Wildman–Crippen MR) is 144 cm³/mol. The van der Waals surface area contributed by atoms with Crippen LogP contribution in [-0.2, 0) is 14.9 Å². The van der Waals surface area contributed by atoms with Crippen molar-refractivity contribution in [3.63, 3.8) is 0 Å². The first-order valence-electron chi connectivity index (χ1n) is 13.1. The van der Waals surface area contributed by atoms with Crippen LogP contribution in [0.15, 0.2) is 36.7 Å². The van der Waals surface area contributed by atoms with E-state index in [1.54, 1.807) is 22.8 Å². The van der Waals surface area contributed by atoms with Crippen LogP contribution in [0.2, 0.25) is 0 Å². The van der Waals surface area contributed by atoms with Crippen molar-refractivity contribution in [2.24, 2.45) is 0 Å². The van der Waals surface area contributed by atoms with Crippen molar-refractivity contribution in [1.29, 1.82) is 0 Å². The molecular weight excluding hydrogens is 492 g/mol. The fourth-order valence-corrected chi connectivity index (χ4v) is 6.73. The Kier molecular flexibility index (Phi) is 7.00. The van der Waals surface area contributed by atoms with Gasteiger partial charge in [-0.25, -0.2) is 9.97 Å². The van der Waals surface area contributed by atoms with Crippen molar-refractivity contribution in [1.82, 2.24) is 29.5 Å². The number of benzene rings is 1. The van der Waals surface area contributed by atoms with Gasteiger partial charge < -0.3 is 19.9 Å². The lowest BCUT2D eigenvalue weighted by Crippen LogP contribution is -2.54. The van der Waals surface area contributed by atoms with Crippen LogP contribution < -0.4 is 14.9 Å². The highest BCUT2D eigenvalue weighted by molar-refractivity contribution is 7.90. The second-order valence-corrected chi connectivity index (χ2v) is 11.5. The van der Waals surface area contributed by atoms with Crippen molar-refractivity contribution in [2.45, 2.75) is 18.9 Å². The number of nitrogens with one attached hydrogen (secondary N) is 3. The molecule has 11 nitrogen and oxygen atoms in total. The predicted octanol–water partition coefficient (Wildman–Crippen LogP) is 1.49. The summed E-state index contributed by atoms with van der Waals surface area (Å²) >= 11 is 0. The number of aromatic nitrogens is 3. The zero-order valence-electron chi connectivity index (χ0n) is 20.9. The Morgan fingerprint density at radius 1 is 0.946 bits per heavy atom. The maximum absolute atomic E-state index is 13.0. The van der Waals surface area contributed by atoms with E-state index in [-0.39, 0.29) is 0 Å². The summed E-state index contributed by atoms with van der Waals surface area (Å²) in [5.74, 6) is 0.903. The Balaban J connectivity index is 1.12. The lowest BCUT2D eigenvalue weighted by molar-refractivity contribution is 0.116. The number of piperidine rings is 1. The molecule has 3 fully saturated rings. The van der Waals surface area contributed by atoms with E-state index in [0.29, 0.717) is 38.0 Å². The average Bonchev–Trinajstić information content (AvgIpc) is 3.39. The van der Waals surface area contributed by atoms with E-state index in [2.05, 4.69) is 40.9 Å². The number of fused-ring (bicyclic) bond motifs is 1. The molecule has 2 aromatic heterocycles. The summed E-state index contributed by atoms with van der Waals surface area (Å²) in [6.45, 7) is 7.65. The zero-order chi connectivity index (χ0) is 25.2. The summed E-state index contributed by atoms with van der Waals surface area (Å²) in [7, 11) is -3.60. The molecule has 0 radical (unpaired) electrons. The van der Waals surface area contributed by atoms with Gasteiger partial charge in [0.25, 0.3) is 0 Å². The summed E-state index contributed by atoms with van der Waals surface area (Å²) in [4.78, 5) is 17.0. The second-order valence-electron chi connectivity index (χ2n) is 9.84. The monoisotopic (exact) mass is 526 g/mol. The molecule has 0 unspecified atom stereocenters. The Morgan fingerprint density at radius 3 is 2.41 bits per heavy atom. The highest BCUT2D eigenvalue weighted by Gasteiger charge is 2.30. The molecule has 3 N–H and O–H groups in total. The molecule has 3 aliphatic rings. The number of H-pyrrole nitrogens is 1. The molecule has 0 atom stereocenters. The highest BCUT2D eigenvalue weighted by Crippen LogP contribution is 2.30. The first-order chi connectivity index (χ1) is 18.1. The number of piperazine rings is 1. The normalized spacial score (nSPS) is 20.9. The lowest BCUT2D eigenvalue weighted by Gasteiger charge is -2.40. The molecule has 198 valence electrons. The number of rotatable bonds is 6. The molecule has 12 heteroatoms. The highest BCUT2D eigenvalue weighted by atomic mass is 32.2. The van der Waals surface area contributed by atoms with Gasteiger partial charge in [0, 0.05) is 56.7 Å². The minimum Gasteiger partial charge on any atom is -0.378 e. The quantitative estimate of drug-likeness (QED) is 0.442. The van der Waals surface area contributed by atoms with Crippen LogP contribution in [0, 0.1) is 0 Å². The molecule has 0 saturated carbocycles. The summed E-state index contributed by atoms with van der Waals surface area (Å²) < 4.78 is 35.9. The van der Waals surface area contributed by atoms with Gasteiger partial charge in [-0.3, -0.25) is 9.62 Å². The van der Waals surface area contributed by atoms with Gasteiger partial charge in [-0.2, -0.15) is 12.7 Å². The Labute approximate surface area is 217 Å². The fraction of sp³-hybridized carbons (Fsp3) is 0.520. The van der Waals surface area contributed by atoms with Gasteiger partial charge in [-0.15, -0.1) is 0 Å². The number of morpholine rings is 1. The van der Waals surface area contributed by atoms with Crippen molar-refractivity contribution in [2.75, 3.05) is 75.2 Å². The maximum Gasteiger partial charge on any atom is 0.301 e. The van der Waals surface area contributed by atoms with Gasteiger partial charge >= 0.3 is 10.2 Å². The van der Waals surface area contributed by atoms with Gasteiger partial charge in [0.2, 0.25) is 0 Å². The Hall–Kier alpha value is -2.77. The van der Waals surface area contributed by atoms with Crippen LogP contribution in [-0.4, -0.2) is 104 Å². The summed E-state index contributed by atoms with van der Waals surface area (Å²) in [6, 6.07) is 10.1. The molecule has 3 aliphatic heterocycles. The van der Waals surface area contributed by atoms with Crippen LogP contribution in [0.4, 0.5) is 11.5 Å². The molecule has 0 spiro atoms. The molecule has 1 aromatic carbocycles. The van der Waals surface area contributed by atoms with Crippen LogP contribution in [0.5, 0.6) is 0 Å². The molecule has 3 aromatic rings. The number of nitrogens with zero attached hydrogens (tertiary/aromatic N) is 5. The molecule has 3 saturated heterocycles. The van der Waals surface area contributed by atoms with Crippen molar-refractivity contribution in [3.05, 3.63) is 36.7 Å². The summed E-state index contributed by atoms with van der Waals surface area (Å²) in [5.41, 5.74) is 3.19. The largest absolute Gasteiger partial charge is 0.378 e. The number of ether oxygens (including phenoxy) is 1. The van der Waals surface area contributed by atoms with E-state index in [0.717, 1.165) is 80.2 Å². The van der Waals surface area contributed by atoms with Crippen LogP contribution in [0.1, 0.15) is 12.8 Å². The molecule has 0 aliphatic carbocycles. The third-order valence-corrected chi connectivity index (χ3v) is 9.13. The van der Waals surface area contributed by atoms with E-state index in [9.17, 15) is 8.42 Å². The first-order valence-corrected chi connectivity index (χ1v) is 14.5. The first kappa shape index (κ1) is 24.6. The molecular formula is C25H34N8O3S. The Morgan fingerprint density at radius 2 is 1.68 bits per heavy atom. The Bertz CT molecular complexity index is 1310. The molecule has 37 heavy (non-hydrogen) atoms. The van der Waals surface area contributed by atoms with Crippen LogP contribution in [0.3, 0.4) is 0 Å². The molecule has 0 bridgehead atoms. The zero-order valence-corrected chi connectivity index (χ0v) is 21.7. The van der Waals surface area contributed by atoms with Crippen molar-refractivity contribution >= 4 is 32.7 Å². The third kappa shape index (κ3) is 5.30. The molecule has 0 amide bonds. The SMILES string of the molecule is O=S(=O)(Nc1ccc(-c2cc3c(N4CCOCC4)ncnc3[nH]2)cc1)N1CCN(C2CCNCC2)CC1. The van der Waals surface area contributed by atoms with E-state index in [1.807, 2.05) is 12.1 Å². The van der Waals surface area contributed by atoms with E-state index in [1.165, 1.54) is 0 Å². The van der Waals surface area contributed by atoms with Gasteiger partial charge in [0.15, 0.2) is 0 Å². The molecule has 6 rings (SSSR count). The van der Waals surface area contributed by atoms with Gasteiger partial charge in [-0.1, -0.05) is 12.1 Å². The van der Waals surface area contributed by atoms with E-state index >= 15 is 0 Å². The average molecular weight is 527 g/mol. The maximum atomic E-state index is 13.0. The summed E-state index contributed by atoms with van der Waals surface area (Å²) in [5, 5.41) is 4.36. The van der Waals surface area contributed by atoms with Gasteiger partial charge in [-0.05, 0) is 49.7 Å². The van der Waals surface area contributed by atoms with Crippen molar-refractivity contribution in [3.8, 4) is 11.3 Å². The minimum atomic E-state index is -3.60. The second kappa shape index (κ2) is 10.5. The minimum absolute atomic E-state index is 0.513. The van der Waals surface area contributed by atoms with Crippen LogP contribution >= 0.6 is 0 Å². The number of aromatic amines is 1. The van der Waals surface area contributed by atoms with E-state index in [4.69, 9.17) is 4.74 Å². The standard InChI is InChI=1S/C25H34N8O3S/c34-37(35,33-11-9-31(10-12-33)21-5-7-26-8-6-21)30-20-3-1-19(2-4-20)23-17-22-24(29-23)27-18-28-25(22)32-13-15-36-16-14-32/h1-4,17-18,21,26,30H,5-16H2,(H,27,28,29). The third-order valence-electron chi connectivity index (χ3n) is 7.60. The van der Waals surface area contributed by atoms with Gasteiger partial charge in [0.05, 0.1) is 18.6 Å². The number of hydrogen-bond acceptors (Lipinski definition) is 8. The summed E-state index contributed by atoms with van der Waals surface area (Å²) in [6.07, 6.45) is 3.85. The number of anilines is 2. The topological polar surface area (TPSA) is 119 Å². The van der Waals surface area contributed by atoms with Crippen molar-refractivity contribution < 1.29 is 13.2 Å². The van der Waals surface area contributed by atoms with Crippen LogP contribution in [0.25, 0.3) is 22.3 Å². The number of hydrogen-bond donors (Lipinski definition) is 3. The fourth-order valence-electron chi connectivity index (χ4n) is 5.52. The molecule has 5 heterocycles. The van der Waals surface area contributed by atoms with Gasteiger partial charge in [0.1, 0.15) is 17.8 Å². The lowest BCUT2D eigenvalue weighted by atomic mass is 10.0.